The highest BCUT2D eigenvalue weighted by Gasteiger charge is 2.03. The standard InChI is InChI=1S/C15H19ClN2O2S2/c1-22(19,20)18-10-2-9-17-11-14-7-8-15(21-14)12-3-5-13(16)6-4-12/h3-8,17-18H,2,9-11H2,1H3. The minimum atomic E-state index is -3.08. The highest BCUT2D eigenvalue weighted by molar-refractivity contribution is 7.88. The molecule has 22 heavy (non-hydrogen) atoms. The Morgan fingerprint density at radius 1 is 1.09 bits per heavy atom. The van der Waals surface area contributed by atoms with Crippen LogP contribution in [-0.4, -0.2) is 27.8 Å². The topological polar surface area (TPSA) is 58.2 Å². The van der Waals surface area contributed by atoms with E-state index in [0.717, 1.165) is 30.1 Å². The van der Waals surface area contributed by atoms with Gasteiger partial charge in [0.25, 0.3) is 0 Å². The van der Waals surface area contributed by atoms with Crippen LogP contribution in [0, 0.1) is 0 Å². The molecule has 1 aromatic carbocycles. The van der Waals surface area contributed by atoms with Gasteiger partial charge >= 0.3 is 0 Å². The molecule has 7 heteroatoms. The molecule has 0 spiro atoms. The first-order chi connectivity index (χ1) is 10.4. The van der Waals surface area contributed by atoms with Gasteiger partial charge in [0.1, 0.15) is 0 Å². The maximum Gasteiger partial charge on any atom is 0.208 e. The summed E-state index contributed by atoms with van der Waals surface area (Å²) in [5.41, 5.74) is 1.16. The molecule has 0 atom stereocenters. The normalized spacial score (nSPS) is 11.7. The number of hydrogen-bond acceptors (Lipinski definition) is 4. The van der Waals surface area contributed by atoms with Gasteiger partial charge in [-0.3, -0.25) is 0 Å². The molecule has 0 aliphatic rings. The molecule has 0 amide bonds. The van der Waals surface area contributed by atoms with Gasteiger partial charge in [0.05, 0.1) is 6.26 Å². The summed E-state index contributed by atoms with van der Waals surface area (Å²) in [4.78, 5) is 2.47. The molecule has 0 radical (unpaired) electrons. The van der Waals surface area contributed by atoms with E-state index >= 15 is 0 Å². The Labute approximate surface area is 140 Å². The van der Waals surface area contributed by atoms with Gasteiger partial charge in [0.2, 0.25) is 10.0 Å². The third kappa shape index (κ3) is 6.06. The van der Waals surface area contributed by atoms with E-state index in [0.29, 0.717) is 6.54 Å². The first-order valence-corrected chi connectivity index (χ1v) is 10.0. The van der Waals surface area contributed by atoms with E-state index in [1.54, 1.807) is 11.3 Å². The molecule has 1 heterocycles. The molecular formula is C15H19ClN2O2S2. The molecule has 4 nitrogen and oxygen atoms in total. The molecule has 0 saturated heterocycles. The second-order valence-electron chi connectivity index (χ2n) is 4.97. The monoisotopic (exact) mass is 358 g/mol. The van der Waals surface area contributed by atoms with Crippen LogP contribution in [0.2, 0.25) is 5.02 Å². The maximum absolute atomic E-state index is 10.9. The van der Waals surface area contributed by atoms with Crippen molar-refractivity contribution in [2.75, 3.05) is 19.3 Å². The fourth-order valence-electron chi connectivity index (χ4n) is 1.92. The van der Waals surface area contributed by atoms with Crippen molar-refractivity contribution >= 4 is 33.0 Å². The van der Waals surface area contributed by atoms with Crippen molar-refractivity contribution in [3.8, 4) is 10.4 Å². The van der Waals surface area contributed by atoms with Crippen LogP contribution in [0.5, 0.6) is 0 Å². The quantitative estimate of drug-likeness (QED) is 0.713. The summed E-state index contributed by atoms with van der Waals surface area (Å²) >= 11 is 7.64. The average Bonchev–Trinajstić information content (AvgIpc) is 2.91. The van der Waals surface area contributed by atoms with E-state index in [-0.39, 0.29) is 0 Å². The molecule has 2 aromatic rings. The first kappa shape index (κ1) is 17.4. The number of thiophene rings is 1. The van der Waals surface area contributed by atoms with Crippen LogP contribution < -0.4 is 10.0 Å². The molecule has 0 bridgehead atoms. The fourth-order valence-corrected chi connectivity index (χ4v) is 3.55. The maximum atomic E-state index is 10.9. The number of rotatable bonds is 8. The minimum absolute atomic E-state index is 0.465. The zero-order valence-corrected chi connectivity index (χ0v) is 14.7. The molecule has 0 fully saturated rings. The Balaban J connectivity index is 1.74. The molecule has 120 valence electrons. The molecule has 1 aromatic heterocycles. The van der Waals surface area contributed by atoms with Gasteiger partial charge in [-0.1, -0.05) is 23.7 Å². The smallest absolute Gasteiger partial charge is 0.208 e. The van der Waals surface area contributed by atoms with E-state index in [4.69, 9.17) is 11.6 Å². The summed E-state index contributed by atoms with van der Waals surface area (Å²) in [6.07, 6.45) is 1.94. The van der Waals surface area contributed by atoms with E-state index in [9.17, 15) is 8.42 Å². The predicted octanol–water partition coefficient (Wildman–Crippen LogP) is 3.10. The third-order valence-electron chi connectivity index (χ3n) is 2.98. The second kappa shape index (κ2) is 8.08. The average molecular weight is 359 g/mol. The summed E-state index contributed by atoms with van der Waals surface area (Å²) in [6, 6.07) is 12.0. The second-order valence-corrected chi connectivity index (χ2v) is 8.41. The summed E-state index contributed by atoms with van der Waals surface area (Å²) in [5, 5.41) is 4.06. The zero-order chi connectivity index (χ0) is 16.0. The summed E-state index contributed by atoms with van der Waals surface area (Å²) in [5.74, 6) is 0. The van der Waals surface area contributed by atoms with Gasteiger partial charge in [-0.25, -0.2) is 13.1 Å². The predicted molar refractivity (Wildman–Crippen MR) is 93.9 cm³/mol. The largest absolute Gasteiger partial charge is 0.312 e. The van der Waals surface area contributed by atoms with Crippen molar-refractivity contribution in [3.05, 3.63) is 46.3 Å². The van der Waals surface area contributed by atoms with Crippen LogP contribution in [-0.2, 0) is 16.6 Å². The lowest BCUT2D eigenvalue weighted by molar-refractivity contribution is 0.579. The Hall–Kier alpha value is -0.920. The summed E-state index contributed by atoms with van der Waals surface area (Å²) in [7, 11) is -3.08. The van der Waals surface area contributed by atoms with E-state index in [1.165, 1.54) is 16.0 Å². The van der Waals surface area contributed by atoms with E-state index in [2.05, 4.69) is 22.2 Å². The van der Waals surface area contributed by atoms with Crippen LogP contribution in [0.3, 0.4) is 0 Å². The number of halogens is 1. The number of nitrogens with one attached hydrogen (secondary N) is 2. The molecule has 2 rings (SSSR count). The van der Waals surface area contributed by atoms with Crippen LogP contribution in [0.25, 0.3) is 10.4 Å². The lowest BCUT2D eigenvalue weighted by Gasteiger charge is -2.04. The number of benzene rings is 1. The lowest BCUT2D eigenvalue weighted by Crippen LogP contribution is -2.26. The number of sulfonamides is 1. The first-order valence-electron chi connectivity index (χ1n) is 6.94. The lowest BCUT2D eigenvalue weighted by atomic mass is 10.2. The minimum Gasteiger partial charge on any atom is -0.312 e. The highest BCUT2D eigenvalue weighted by atomic mass is 35.5. The van der Waals surface area contributed by atoms with Crippen molar-refractivity contribution < 1.29 is 8.42 Å². The molecule has 0 saturated carbocycles. The Bertz CT molecular complexity index is 697. The molecule has 0 aliphatic heterocycles. The van der Waals surface area contributed by atoms with Gasteiger partial charge in [-0.2, -0.15) is 0 Å². The zero-order valence-electron chi connectivity index (χ0n) is 12.3. The van der Waals surface area contributed by atoms with Crippen LogP contribution in [0.4, 0.5) is 0 Å². The van der Waals surface area contributed by atoms with Gasteiger partial charge < -0.3 is 5.32 Å². The third-order valence-corrected chi connectivity index (χ3v) is 5.10. The van der Waals surface area contributed by atoms with Crippen LogP contribution >= 0.6 is 22.9 Å². The van der Waals surface area contributed by atoms with Crippen molar-refractivity contribution in [2.45, 2.75) is 13.0 Å². The number of hydrogen-bond donors (Lipinski definition) is 2. The van der Waals surface area contributed by atoms with Crippen LogP contribution in [0.15, 0.2) is 36.4 Å². The van der Waals surface area contributed by atoms with Crippen molar-refractivity contribution in [1.29, 1.82) is 0 Å². The Morgan fingerprint density at radius 2 is 1.82 bits per heavy atom. The molecule has 0 unspecified atom stereocenters. The van der Waals surface area contributed by atoms with Crippen LogP contribution in [0.1, 0.15) is 11.3 Å². The van der Waals surface area contributed by atoms with Gasteiger partial charge in [-0.15, -0.1) is 11.3 Å². The van der Waals surface area contributed by atoms with E-state index in [1.807, 2.05) is 24.3 Å². The van der Waals surface area contributed by atoms with Gasteiger partial charge in [-0.05, 0) is 42.8 Å². The highest BCUT2D eigenvalue weighted by Crippen LogP contribution is 2.28. The van der Waals surface area contributed by atoms with Crippen molar-refractivity contribution in [3.63, 3.8) is 0 Å². The van der Waals surface area contributed by atoms with Gasteiger partial charge in [0.15, 0.2) is 0 Å². The summed E-state index contributed by atoms with van der Waals surface area (Å²) in [6.45, 7) is 2.03. The van der Waals surface area contributed by atoms with Gasteiger partial charge in [0, 0.05) is 27.9 Å². The van der Waals surface area contributed by atoms with Crippen molar-refractivity contribution in [1.82, 2.24) is 10.0 Å². The fraction of sp³-hybridized carbons (Fsp3) is 0.333. The Kier molecular flexibility index (Phi) is 6.40. The SMILES string of the molecule is CS(=O)(=O)NCCCNCc1ccc(-c2ccc(Cl)cc2)s1. The summed E-state index contributed by atoms with van der Waals surface area (Å²) < 4.78 is 24.3. The van der Waals surface area contributed by atoms with E-state index < -0.39 is 10.0 Å². The molecular weight excluding hydrogens is 340 g/mol. The van der Waals surface area contributed by atoms with Crippen molar-refractivity contribution in [2.24, 2.45) is 0 Å². The molecule has 2 N–H and O–H groups in total. The molecule has 0 aliphatic carbocycles. The Morgan fingerprint density at radius 3 is 2.50 bits per heavy atom.